The van der Waals surface area contributed by atoms with Crippen LogP contribution in [0.5, 0.6) is 0 Å². The Morgan fingerprint density at radius 1 is 1.22 bits per heavy atom. The average molecular weight is 385 g/mol. The Labute approximate surface area is 156 Å². The summed E-state index contributed by atoms with van der Waals surface area (Å²) in [4.78, 5) is 19.5. The maximum absolute atomic E-state index is 13.5. The van der Waals surface area contributed by atoms with Gasteiger partial charge in [-0.2, -0.15) is 9.67 Å². The molecule has 27 heavy (non-hydrogen) atoms. The van der Waals surface area contributed by atoms with Crippen molar-refractivity contribution in [2.45, 2.75) is 0 Å². The van der Waals surface area contributed by atoms with E-state index < -0.39 is 11.8 Å². The Bertz CT molecular complexity index is 1180. The summed E-state index contributed by atoms with van der Waals surface area (Å²) >= 11 is 5.97. The number of carboxylic acid groups (broad SMARTS) is 1. The van der Waals surface area contributed by atoms with Crippen LogP contribution in [-0.2, 0) is 0 Å². The third-order valence-electron chi connectivity index (χ3n) is 3.70. The molecule has 0 fully saturated rings. The summed E-state index contributed by atoms with van der Waals surface area (Å²) < 4.78 is 14.9. The van der Waals surface area contributed by atoms with Gasteiger partial charge >= 0.3 is 5.97 Å². The van der Waals surface area contributed by atoms with Gasteiger partial charge in [-0.25, -0.2) is 14.2 Å². The quantitative estimate of drug-likeness (QED) is 0.555. The van der Waals surface area contributed by atoms with Gasteiger partial charge in [0.1, 0.15) is 5.82 Å². The lowest BCUT2D eigenvalue weighted by molar-refractivity contribution is 0.0697. The van der Waals surface area contributed by atoms with Crippen molar-refractivity contribution in [2.24, 2.45) is 0 Å². The van der Waals surface area contributed by atoms with E-state index in [9.17, 15) is 9.18 Å². The molecule has 0 bridgehead atoms. The number of benzene rings is 2. The minimum atomic E-state index is -1.12. The molecular weight excluding hydrogens is 375 g/mol. The third kappa shape index (κ3) is 3.27. The number of nitrogens with one attached hydrogen (secondary N) is 1. The first-order valence-electron chi connectivity index (χ1n) is 7.65. The van der Waals surface area contributed by atoms with Gasteiger partial charge in [-0.1, -0.05) is 22.9 Å². The van der Waals surface area contributed by atoms with Crippen LogP contribution in [0.25, 0.3) is 16.9 Å². The van der Waals surface area contributed by atoms with Crippen molar-refractivity contribution in [2.75, 3.05) is 5.32 Å². The van der Waals surface area contributed by atoms with Crippen LogP contribution in [0.1, 0.15) is 10.4 Å². The van der Waals surface area contributed by atoms with Gasteiger partial charge in [0.15, 0.2) is 11.2 Å². The van der Waals surface area contributed by atoms with E-state index in [0.29, 0.717) is 22.5 Å². The first-order valence-corrected chi connectivity index (χ1v) is 8.03. The summed E-state index contributed by atoms with van der Waals surface area (Å²) in [5.74, 6) is -1.30. The second kappa shape index (κ2) is 6.61. The number of fused-ring (bicyclic) bond motifs is 1. The molecule has 0 unspecified atom stereocenters. The van der Waals surface area contributed by atoms with E-state index in [0.717, 1.165) is 0 Å². The van der Waals surface area contributed by atoms with Crippen molar-refractivity contribution >= 4 is 40.4 Å². The molecule has 0 aliphatic rings. The molecule has 10 heteroatoms. The van der Waals surface area contributed by atoms with Crippen LogP contribution in [0.2, 0.25) is 5.02 Å². The number of anilines is 2. The highest BCUT2D eigenvalue weighted by Gasteiger charge is 2.12. The maximum Gasteiger partial charge on any atom is 0.337 e. The van der Waals surface area contributed by atoms with Crippen molar-refractivity contribution < 1.29 is 14.3 Å². The van der Waals surface area contributed by atoms with Crippen molar-refractivity contribution in [3.63, 3.8) is 0 Å². The molecule has 0 aliphatic heterocycles. The van der Waals surface area contributed by atoms with Crippen LogP contribution in [0.15, 0.2) is 48.7 Å². The Morgan fingerprint density at radius 2 is 2.07 bits per heavy atom. The van der Waals surface area contributed by atoms with E-state index >= 15 is 0 Å². The molecule has 2 N–H and O–H groups in total. The zero-order chi connectivity index (χ0) is 19.0. The number of carboxylic acids is 1. The van der Waals surface area contributed by atoms with Gasteiger partial charge in [0, 0.05) is 5.69 Å². The molecule has 0 spiro atoms. The number of halogens is 2. The zero-order valence-electron chi connectivity index (χ0n) is 13.5. The minimum Gasteiger partial charge on any atom is -0.478 e. The smallest absolute Gasteiger partial charge is 0.337 e. The molecule has 4 aromatic rings. The molecule has 8 nitrogen and oxygen atoms in total. The molecule has 2 aromatic heterocycles. The number of rotatable bonds is 4. The van der Waals surface area contributed by atoms with Gasteiger partial charge in [-0.15, -0.1) is 5.10 Å². The molecule has 4 rings (SSSR count). The number of aromatic carboxylic acids is 1. The highest BCUT2D eigenvalue weighted by atomic mass is 35.5. The van der Waals surface area contributed by atoms with E-state index in [-0.39, 0.29) is 16.5 Å². The molecule has 0 radical (unpaired) electrons. The standard InChI is InChI=1S/C17H10ClFN6O2/c18-13-7-10(4-5-12(13)16(26)27)21-17-20-8-14-15(22-17)25(24-23-14)11-3-1-2-9(19)6-11/h1-8H,(H,26,27)(H,20,21,22). The molecule has 0 saturated heterocycles. The summed E-state index contributed by atoms with van der Waals surface area (Å²) in [6, 6.07) is 10.3. The first-order chi connectivity index (χ1) is 13.0. The topological polar surface area (TPSA) is 106 Å². The Balaban J connectivity index is 1.70. The van der Waals surface area contributed by atoms with Crippen LogP contribution in [0.3, 0.4) is 0 Å². The molecule has 134 valence electrons. The van der Waals surface area contributed by atoms with Crippen molar-refractivity contribution in [3.8, 4) is 5.69 Å². The first kappa shape index (κ1) is 16.9. The number of aromatic nitrogens is 5. The molecule has 2 aromatic carbocycles. The Kier molecular flexibility index (Phi) is 4.13. The van der Waals surface area contributed by atoms with Gasteiger partial charge in [0.2, 0.25) is 5.95 Å². The lowest BCUT2D eigenvalue weighted by Gasteiger charge is -2.07. The van der Waals surface area contributed by atoms with E-state index in [1.807, 2.05) is 0 Å². The third-order valence-corrected chi connectivity index (χ3v) is 4.01. The summed E-state index contributed by atoms with van der Waals surface area (Å²) in [7, 11) is 0. The SMILES string of the molecule is O=C(O)c1ccc(Nc2ncc3nnn(-c4cccc(F)c4)c3n2)cc1Cl. The second-order valence-electron chi connectivity index (χ2n) is 5.51. The summed E-state index contributed by atoms with van der Waals surface area (Å²) in [6.45, 7) is 0. The maximum atomic E-state index is 13.5. The molecule has 0 amide bonds. The van der Waals surface area contributed by atoms with Gasteiger partial charge in [0.05, 0.1) is 22.5 Å². The highest BCUT2D eigenvalue weighted by molar-refractivity contribution is 6.33. The lowest BCUT2D eigenvalue weighted by atomic mass is 10.2. The summed E-state index contributed by atoms with van der Waals surface area (Å²) in [5, 5.41) is 20.0. The summed E-state index contributed by atoms with van der Waals surface area (Å²) in [6.07, 6.45) is 1.47. The van der Waals surface area contributed by atoms with Crippen molar-refractivity contribution in [3.05, 3.63) is 65.1 Å². The monoisotopic (exact) mass is 384 g/mol. The Hall–Kier alpha value is -3.59. The zero-order valence-corrected chi connectivity index (χ0v) is 14.2. The van der Waals surface area contributed by atoms with E-state index in [1.165, 1.54) is 35.1 Å². The molecule has 0 saturated carbocycles. The van der Waals surface area contributed by atoms with Crippen LogP contribution >= 0.6 is 11.6 Å². The number of nitrogens with zero attached hydrogens (tertiary/aromatic N) is 5. The lowest BCUT2D eigenvalue weighted by Crippen LogP contribution is -2.02. The van der Waals surface area contributed by atoms with Gasteiger partial charge in [0.25, 0.3) is 0 Å². The fraction of sp³-hybridized carbons (Fsp3) is 0. The average Bonchev–Trinajstić information content (AvgIpc) is 3.05. The van der Waals surface area contributed by atoms with E-state index in [2.05, 4.69) is 25.6 Å². The van der Waals surface area contributed by atoms with Crippen LogP contribution in [0, 0.1) is 5.82 Å². The van der Waals surface area contributed by atoms with Crippen LogP contribution in [0.4, 0.5) is 16.0 Å². The molecule has 0 atom stereocenters. The Morgan fingerprint density at radius 3 is 2.81 bits per heavy atom. The predicted molar refractivity (Wildman–Crippen MR) is 96.1 cm³/mol. The normalized spacial score (nSPS) is 10.9. The second-order valence-corrected chi connectivity index (χ2v) is 5.92. The largest absolute Gasteiger partial charge is 0.478 e. The molecular formula is C17H10ClFN6O2. The fourth-order valence-electron chi connectivity index (χ4n) is 2.47. The molecule has 2 heterocycles. The molecule has 0 aliphatic carbocycles. The van der Waals surface area contributed by atoms with Crippen LogP contribution in [-0.4, -0.2) is 36.0 Å². The highest BCUT2D eigenvalue weighted by Crippen LogP contribution is 2.23. The van der Waals surface area contributed by atoms with Gasteiger partial charge in [-0.3, -0.25) is 0 Å². The van der Waals surface area contributed by atoms with Crippen molar-refractivity contribution in [1.82, 2.24) is 25.0 Å². The number of hydrogen-bond donors (Lipinski definition) is 2. The van der Waals surface area contributed by atoms with E-state index in [4.69, 9.17) is 16.7 Å². The van der Waals surface area contributed by atoms with Crippen LogP contribution < -0.4 is 5.32 Å². The minimum absolute atomic E-state index is 0.00744. The predicted octanol–water partition coefficient (Wildman–Crippen LogP) is 3.44. The van der Waals surface area contributed by atoms with Gasteiger partial charge < -0.3 is 10.4 Å². The number of hydrogen-bond acceptors (Lipinski definition) is 6. The number of carbonyl (C=O) groups is 1. The van der Waals surface area contributed by atoms with Gasteiger partial charge in [-0.05, 0) is 36.4 Å². The van der Waals surface area contributed by atoms with Crippen molar-refractivity contribution in [1.29, 1.82) is 0 Å². The van der Waals surface area contributed by atoms with E-state index in [1.54, 1.807) is 18.2 Å². The fourth-order valence-corrected chi connectivity index (χ4v) is 2.73. The summed E-state index contributed by atoms with van der Waals surface area (Å²) in [5.41, 5.74) is 1.78.